The molecule has 2 rings (SSSR count). The van der Waals surface area contributed by atoms with Crippen LogP contribution in [0.1, 0.15) is 17.3 Å². The minimum atomic E-state index is -0.244. The highest BCUT2D eigenvalue weighted by atomic mass is 79.9. The van der Waals surface area contributed by atoms with Gasteiger partial charge in [-0.05, 0) is 35.0 Å². The van der Waals surface area contributed by atoms with Gasteiger partial charge >= 0.3 is 0 Å². The number of nitrogens with zero attached hydrogens (tertiary/aromatic N) is 3. The van der Waals surface area contributed by atoms with Gasteiger partial charge < -0.3 is 11.1 Å². The number of carbonyl (C=O) groups excluding carboxylic acids is 1. The SMILES string of the molecule is CC(Cn1cccn1)NC(=O)c1cc(Br)cnc1N. The normalized spacial score (nSPS) is 12.1. The van der Waals surface area contributed by atoms with Crippen molar-refractivity contribution in [3.05, 3.63) is 40.8 Å². The lowest BCUT2D eigenvalue weighted by Gasteiger charge is -2.14. The summed E-state index contributed by atoms with van der Waals surface area (Å²) in [4.78, 5) is 16.0. The van der Waals surface area contributed by atoms with E-state index in [4.69, 9.17) is 5.73 Å². The van der Waals surface area contributed by atoms with Gasteiger partial charge in [0.1, 0.15) is 5.82 Å². The van der Waals surface area contributed by atoms with Crippen molar-refractivity contribution in [2.45, 2.75) is 19.5 Å². The first-order valence-electron chi connectivity index (χ1n) is 5.75. The molecule has 0 bridgehead atoms. The van der Waals surface area contributed by atoms with E-state index in [1.54, 1.807) is 23.1 Å². The molecule has 2 heterocycles. The molecule has 2 aromatic rings. The molecular formula is C12H14BrN5O. The van der Waals surface area contributed by atoms with Gasteiger partial charge in [0.2, 0.25) is 0 Å². The zero-order valence-corrected chi connectivity index (χ0v) is 12.0. The molecule has 100 valence electrons. The van der Waals surface area contributed by atoms with E-state index < -0.39 is 0 Å². The van der Waals surface area contributed by atoms with Gasteiger partial charge in [0, 0.05) is 29.1 Å². The lowest BCUT2D eigenvalue weighted by molar-refractivity contribution is 0.0936. The molecule has 19 heavy (non-hydrogen) atoms. The molecule has 3 N–H and O–H groups in total. The quantitative estimate of drug-likeness (QED) is 0.891. The highest BCUT2D eigenvalue weighted by Crippen LogP contribution is 2.15. The minimum Gasteiger partial charge on any atom is -0.383 e. The fourth-order valence-corrected chi connectivity index (χ4v) is 2.00. The van der Waals surface area contributed by atoms with Crippen molar-refractivity contribution in [3.63, 3.8) is 0 Å². The van der Waals surface area contributed by atoms with Crippen molar-refractivity contribution in [3.8, 4) is 0 Å². The topological polar surface area (TPSA) is 85.8 Å². The van der Waals surface area contributed by atoms with E-state index in [2.05, 4.69) is 31.3 Å². The number of rotatable bonds is 4. The first-order chi connectivity index (χ1) is 9.06. The van der Waals surface area contributed by atoms with Gasteiger partial charge in [-0.1, -0.05) is 0 Å². The third-order valence-electron chi connectivity index (χ3n) is 2.53. The van der Waals surface area contributed by atoms with Gasteiger partial charge in [-0.25, -0.2) is 4.98 Å². The summed E-state index contributed by atoms with van der Waals surface area (Å²) >= 11 is 3.27. The highest BCUT2D eigenvalue weighted by molar-refractivity contribution is 9.10. The number of carbonyl (C=O) groups is 1. The number of hydrogen-bond donors (Lipinski definition) is 2. The van der Waals surface area contributed by atoms with Gasteiger partial charge in [-0.3, -0.25) is 9.48 Å². The Kier molecular flexibility index (Phi) is 4.16. The predicted octanol–water partition coefficient (Wildman–Crippen LogP) is 1.44. The average Bonchev–Trinajstić information content (AvgIpc) is 2.84. The first kappa shape index (κ1) is 13.5. The maximum absolute atomic E-state index is 12.1. The second-order valence-electron chi connectivity index (χ2n) is 4.19. The van der Waals surface area contributed by atoms with Crippen molar-refractivity contribution in [1.82, 2.24) is 20.1 Å². The van der Waals surface area contributed by atoms with Crippen LogP contribution in [0.5, 0.6) is 0 Å². The molecular weight excluding hydrogens is 310 g/mol. The van der Waals surface area contributed by atoms with Crippen LogP contribution in [0.4, 0.5) is 5.82 Å². The molecule has 7 heteroatoms. The first-order valence-corrected chi connectivity index (χ1v) is 6.55. The summed E-state index contributed by atoms with van der Waals surface area (Å²) in [6.45, 7) is 2.50. The van der Waals surface area contributed by atoms with Crippen molar-refractivity contribution < 1.29 is 4.79 Å². The molecule has 1 unspecified atom stereocenters. The Morgan fingerprint density at radius 2 is 2.42 bits per heavy atom. The summed E-state index contributed by atoms with van der Waals surface area (Å²) in [6, 6.07) is 3.43. The fraction of sp³-hybridized carbons (Fsp3) is 0.250. The molecule has 6 nitrogen and oxygen atoms in total. The molecule has 1 amide bonds. The lowest BCUT2D eigenvalue weighted by atomic mass is 10.2. The van der Waals surface area contributed by atoms with Crippen LogP contribution in [-0.2, 0) is 6.54 Å². The van der Waals surface area contributed by atoms with Crippen molar-refractivity contribution in [2.24, 2.45) is 0 Å². The summed E-state index contributed by atoms with van der Waals surface area (Å²) in [5.41, 5.74) is 6.05. The van der Waals surface area contributed by atoms with E-state index in [1.807, 2.05) is 19.2 Å². The molecule has 0 saturated heterocycles. The number of pyridine rings is 1. The largest absolute Gasteiger partial charge is 0.383 e. The standard InChI is InChI=1S/C12H14BrN5O/c1-8(7-18-4-2-3-16-18)17-12(19)10-5-9(13)6-15-11(10)14/h2-6,8H,7H2,1H3,(H2,14,15)(H,17,19). The monoisotopic (exact) mass is 323 g/mol. The molecule has 0 spiro atoms. The highest BCUT2D eigenvalue weighted by Gasteiger charge is 2.14. The molecule has 0 aliphatic rings. The van der Waals surface area contributed by atoms with Crippen LogP contribution in [0, 0.1) is 0 Å². The Morgan fingerprint density at radius 1 is 1.63 bits per heavy atom. The number of hydrogen-bond acceptors (Lipinski definition) is 4. The summed E-state index contributed by atoms with van der Waals surface area (Å²) in [5, 5.41) is 6.95. The summed E-state index contributed by atoms with van der Waals surface area (Å²) in [6.07, 6.45) is 5.10. The van der Waals surface area contributed by atoms with Gasteiger partial charge in [0.15, 0.2) is 0 Å². The summed E-state index contributed by atoms with van der Waals surface area (Å²) in [7, 11) is 0. The maximum Gasteiger partial charge on any atom is 0.255 e. The number of nitrogens with one attached hydrogen (secondary N) is 1. The second-order valence-corrected chi connectivity index (χ2v) is 5.10. The number of halogens is 1. The van der Waals surface area contributed by atoms with Crippen molar-refractivity contribution in [1.29, 1.82) is 0 Å². The van der Waals surface area contributed by atoms with E-state index in [0.717, 1.165) is 0 Å². The van der Waals surface area contributed by atoms with Crippen LogP contribution >= 0.6 is 15.9 Å². The van der Waals surface area contributed by atoms with Crippen LogP contribution in [0.25, 0.3) is 0 Å². The van der Waals surface area contributed by atoms with Gasteiger partial charge in [-0.2, -0.15) is 5.10 Å². The van der Waals surface area contributed by atoms with Gasteiger partial charge in [0.25, 0.3) is 5.91 Å². The third kappa shape index (κ3) is 3.54. The Hall–Kier alpha value is -1.89. The molecule has 0 fully saturated rings. The number of nitrogens with two attached hydrogens (primary N) is 1. The van der Waals surface area contributed by atoms with Crippen LogP contribution in [-0.4, -0.2) is 26.7 Å². The zero-order valence-electron chi connectivity index (χ0n) is 10.4. The summed E-state index contributed by atoms with van der Waals surface area (Å²) in [5.74, 6) is -0.0297. The van der Waals surface area contributed by atoms with E-state index in [1.165, 1.54) is 0 Å². The molecule has 0 aromatic carbocycles. The number of aromatic nitrogens is 3. The Labute approximate surface area is 119 Å². The third-order valence-corrected chi connectivity index (χ3v) is 2.96. The van der Waals surface area contributed by atoms with Crippen LogP contribution in [0.3, 0.4) is 0 Å². The van der Waals surface area contributed by atoms with Crippen molar-refractivity contribution >= 4 is 27.7 Å². The molecule has 0 radical (unpaired) electrons. The Morgan fingerprint density at radius 3 is 3.11 bits per heavy atom. The van der Waals surface area contributed by atoms with Crippen LogP contribution in [0.15, 0.2) is 35.2 Å². The van der Waals surface area contributed by atoms with Gasteiger partial charge in [-0.15, -0.1) is 0 Å². The number of amides is 1. The van der Waals surface area contributed by atoms with E-state index in [0.29, 0.717) is 16.6 Å². The molecule has 1 atom stereocenters. The Balaban J connectivity index is 2.02. The molecule has 0 aliphatic heterocycles. The molecule has 0 aliphatic carbocycles. The average molecular weight is 324 g/mol. The molecule has 0 saturated carbocycles. The van der Waals surface area contributed by atoms with E-state index in [9.17, 15) is 4.79 Å². The maximum atomic E-state index is 12.1. The lowest BCUT2D eigenvalue weighted by Crippen LogP contribution is -2.36. The van der Waals surface area contributed by atoms with Crippen LogP contribution in [0.2, 0.25) is 0 Å². The minimum absolute atomic E-state index is 0.0641. The number of anilines is 1. The zero-order chi connectivity index (χ0) is 13.8. The smallest absolute Gasteiger partial charge is 0.255 e. The second kappa shape index (κ2) is 5.83. The summed E-state index contributed by atoms with van der Waals surface area (Å²) < 4.78 is 2.47. The molecule has 2 aromatic heterocycles. The van der Waals surface area contributed by atoms with E-state index in [-0.39, 0.29) is 17.8 Å². The van der Waals surface area contributed by atoms with Gasteiger partial charge in [0.05, 0.1) is 12.1 Å². The fourth-order valence-electron chi connectivity index (χ4n) is 1.67. The van der Waals surface area contributed by atoms with Crippen molar-refractivity contribution in [2.75, 3.05) is 5.73 Å². The Bertz CT molecular complexity index is 570. The predicted molar refractivity (Wildman–Crippen MR) is 75.5 cm³/mol. The number of nitrogen functional groups attached to an aromatic ring is 1. The van der Waals surface area contributed by atoms with Crippen LogP contribution < -0.4 is 11.1 Å². The van der Waals surface area contributed by atoms with E-state index >= 15 is 0 Å².